The van der Waals surface area contributed by atoms with Crippen LogP contribution in [0.4, 0.5) is 4.39 Å². The Labute approximate surface area is 254 Å². The van der Waals surface area contributed by atoms with E-state index in [2.05, 4.69) is 31.7 Å². The first kappa shape index (κ1) is 29.7. The molecule has 1 aromatic carbocycles. The maximum absolute atomic E-state index is 14.4. The highest BCUT2D eigenvalue weighted by Crippen LogP contribution is 2.38. The van der Waals surface area contributed by atoms with Gasteiger partial charge in [0.1, 0.15) is 17.4 Å². The van der Waals surface area contributed by atoms with E-state index in [1.165, 1.54) is 0 Å². The van der Waals surface area contributed by atoms with Crippen LogP contribution < -0.4 is 20.1 Å². The van der Waals surface area contributed by atoms with Gasteiger partial charge in [0.2, 0.25) is 5.82 Å². The lowest BCUT2D eigenvalue weighted by Gasteiger charge is -2.40. The van der Waals surface area contributed by atoms with Crippen molar-refractivity contribution in [2.45, 2.75) is 70.8 Å². The minimum atomic E-state index is -0.563. The van der Waals surface area contributed by atoms with Crippen molar-refractivity contribution in [3.63, 3.8) is 0 Å². The number of fused-ring (bicyclic) bond motifs is 2. The second kappa shape index (κ2) is 13.1. The number of piperazine rings is 1. The number of benzene rings is 1. The molecule has 1 saturated carbocycles. The Kier molecular flexibility index (Phi) is 9.08. The van der Waals surface area contributed by atoms with Crippen molar-refractivity contribution in [2.75, 3.05) is 33.4 Å². The monoisotopic (exact) mass is 611 g/mol. The first-order valence-corrected chi connectivity index (χ1v) is 15.7. The van der Waals surface area contributed by atoms with Gasteiger partial charge in [-0.1, -0.05) is 19.1 Å². The average Bonchev–Trinajstić information content (AvgIpc) is 3.64. The summed E-state index contributed by atoms with van der Waals surface area (Å²) >= 11 is 1.55. The number of nitrogens with one attached hydrogen (secondary N) is 2. The fraction of sp³-hybridized carbons (Fsp3) is 0.516. The molecule has 0 radical (unpaired) electrons. The predicted octanol–water partition coefficient (Wildman–Crippen LogP) is 4.02. The topological polar surface area (TPSA) is 111 Å². The van der Waals surface area contributed by atoms with E-state index in [0.717, 1.165) is 63.7 Å². The van der Waals surface area contributed by atoms with Crippen molar-refractivity contribution < 1.29 is 27.9 Å². The maximum atomic E-state index is 14.4. The number of methoxy groups -OCH3 is 1. The Morgan fingerprint density at radius 2 is 2.12 bits per heavy atom. The summed E-state index contributed by atoms with van der Waals surface area (Å²) in [6, 6.07) is 6.46. The Morgan fingerprint density at radius 1 is 1.26 bits per heavy atom. The van der Waals surface area contributed by atoms with Gasteiger partial charge in [0.25, 0.3) is 11.8 Å². The minimum Gasteiger partial charge on any atom is -0.496 e. The van der Waals surface area contributed by atoms with E-state index in [-0.39, 0.29) is 48.9 Å². The lowest BCUT2D eigenvalue weighted by Crippen LogP contribution is -2.59. The molecule has 4 heterocycles. The Hall–Kier alpha value is -3.32. The largest absolute Gasteiger partial charge is 0.496 e. The zero-order valence-corrected chi connectivity index (χ0v) is 25.6. The number of amides is 1. The number of ether oxygens (including phenoxy) is 3. The zero-order valence-electron chi connectivity index (χ0n) is 24.8. The van der Waals surface area contributed by atoms with Crippen molar-refractivity contribution in [1.82, 2.24) is 25.7 Å². The van der Waals surface area contributed by atoms with E-state index < -0.39 is 5.82 Å². The summed E-state index contributed by atoms with van der Waals surface area (Å²) in [5, 5.41) is 11.6. The smallest absolute Gasteiger partial charge is 0.291 e. The molecular weight excluding hydrogens is 573 g/mol. The number of rotatable bonds is 13. The lowest BCUT2D eigenvalue weighted by atomic mass is 9.86. The van der Waals surface area contributed by atoms with Gasteiger partial charge in [0, 0.05) is 49.9 Å². The third kappa shape index (κ3) is 6.47. The van der Waals surface area contributed by atoms with Crippen molar-refractivity contribution in [3.8, 4) is 11.6 Å². The fourth-order valence-corrected chi connectivity index (χ4v) is 6.74. The van der Waals surface area contributed by atoms with Crippen molar-refractivity contribution in [3.05, 3.63) is 62.6 Å². The van der Waals surface area contributed by atoms with E-state index in [1.807, 2.05) is 25.3 Å². The molecule has 12 heteroatoms. The maximum Gasteiger partial charge on any atom is 0.291 e. The molecule has 0 spiro atoms. The minimum absolute atomic E-state index is 0.0632. The summed E-state index contributed by atoms with van der Waals surface area (Å²) in [6.07, 6.45) is 5.06. The standard InChI is InChI=1S/C31H38FN5O5S/c1-4-24-29(32)30(36-42-24)41-11-10-40-17-27-34-15-26(43-27)22-12-20-13-33-14-23(35-20)28(22)31(38)37(21-8-9-21)16-19-6-5-7-25(39-3)18(19)2/h5-7,15,20-21,23,33,35H,4,8-14,16-17H2,1-3H3/t20?,23-/m1/s1. The Morgan fingerprint density at radius 3 is 2.88 bits per heavy atom. The Bertz CT molecular complexity index is 1480. The zero-order chi connectivity index (χ0) is 29.9. The Balaban J connectivity index is 1.17. The number of hydrogen-bond donors (Lipinski definition) is 2. The van der Waals surface area contributed by atoms with E-state index in [1.54, 1.807) is 25.4 Å². The van der Waals surface area contributed by atoms with Gasteiger partial charge in [-0.15, -0.1) is 11.3 Å². The summed E-state index contributed by atoms with van der Waals surface area (Å²) in [5.41, 5.74) is 4.08. The molecule has 2 aromatic heterocycles. The molecule has 2 N–H and O–H groups in total. The molecule has 3 aliphatic rings. The molecule has 2 aliphatic heterocycles. The molecular formula is C31H38FN5O5S. The third-order valence-corrected chi connectivity index (χ3v) is 9.30. The highest BCUT2D eigenvalue weighted by Gasteiger charge is 2.41. The highest BCUT2D eigenvalue weighted by molar-refractivity contribution is 7.12. The molecule has 6 rings (SSSR count). The van der Waals surface area contributed by atoms with Gasteiger partial charge in [-0.2, -0.15) is 4.39 Å². The summed E-state index contributed by atoms with van der Waals surface area (Å²) in [6.45, 7) is 6.63. The molecule has 2 bridgehead atoms. The van der Waals surface area contributed by atoms with Crippen LogP contribution in [0.15, 0.2) is 34.5 Å². The summed E-state index contributed by atoms with van der Waals surface area (Å²) in [4.78, 5) is 22.1. The predicted molar refractivity (Wildman–Crippen MR) is 160 cm³/mol. The van der Waals surface area contributed by atoms with E-state index >= 15 is 0 Å². The molecule has 3 aromatic rings. The van der Waals surface area contributed by atoms with Gasteiger partial charge < -0.3 is 34.3 Å². The van der Waals surface area contributed by atoms with Crippen molar-refractivity contribution in [1.29, 1.82) is 0 Å². The summed E-state index contributed by atoms with van der Waals surface area (Å²) < 4.78 is 35.6. The van der Waals surface area contributed by atoms with Crippen LogP contribution in [0.2, 0.25) is 0 Å². The number of hydrogen-bond acceptors (Lipinski definition) is 10. The van der Waals surface area contributed by atoms with Crippen LogP contribution >= 0.6 is 11.3 Å². The van der Waals surface area contributed by atoms with E-state index in [9.17, 15) is 9.18 Å². The van der Waals surface area contributed by atoms with E-state index in [4.69, 9.17) is 18.7 Å². The third-order valence-electron chi connectivity index (χ3n) is 8.27. The first-order valence-electron chi connectivity index (χ1n) is 14.9. The van der Waals surface area contributed by atoms with Crippen LogP contribution in [0.5, 0.6) is 11.6 Å². The quantitative estimate of drug-likeness (QED) is 0.277. The van der Waals surface area contributed by atoms with Crippen molar-refractivity contribution >= 4 is 22.8 Å². The number of carbonyl (C=O) groups excluding carboxylic acids is 1. The molecule has 1 aliphatic carbocycles. The van der Waals surface area contributed by atoms with Gasteiger partial charge in [0.05, 0.1) is 31.2 Å². The number of carbonyl (C=O) groups is 1. The number of thiazole rings is 1. The van der Waals surface area contributed by atoms with Crippen LogP contribution in [0.3, 0.4) is 0 Å². The van der Waals surface area contributed by atoms with Crippen LogP contribution in [0.25, 0.3) is 5.57 Å². The summed E-state index contributed by atoms with van der Waals surface area (Å²) in [7, 11) is 1.68. The van der Waals surface area contributed by atoms with Crippen LogP contribution in [-0.4, -0.2) is 72.5 Å². The molecule has 10 nitrogen and oxygen atoms in total. The second-order valence-electron chi connectivity index (χ2n) is 11.2. The molecule has 230 valence electrons. The van der Waals surface area contributed by atoms with Gasteiger partial charge in [-0.25, -0.2) is 4.98 Å². The molecule has 1 amide bonds. The van der Waals surface area contributed by atoms with Gasteiger partial charge >= 0.3 is 0 Å². The lowest BCUT2D eigenvalue weighted by molar-refractivity contribution is -0.128. The van der Waals surface area contributed by atoms with Gasteiger partial charge in [-0.05, 0) is 54.1 Å². The van der Waals surface area contributed by atoms with Crippen LogP contribution in [0, 0.1) is 12.7 Å². The number of halogens is 1. The van der Waals surface area contributed by atoms with Crippen LogP contribution in [0.1, 0.15) is 53.0 Å². The van der Waals surface area contributed by atoms with Crippen LogP contribution in [-0.2, 0) is 29.1 Å². The fourth-order valence-electron chi connectivity index (χ4n) is 5.82. The van der Waals surface area contributed by atoms with Gasteiger partial charge in [0.15, 0.2) is 5.76 Å². The number of aryl methyl sites for hydroxylation is 1. The van der Waals surface area contributed by atoms with Crippen molar-refractivity contribution in [2.24, 2.45) is 0 Å². The molecule has 43 heavy (non-hydrogen) atoms. The van der Waals surface area contributed by atoms with E-state index in [0.29, 0.717) is 26.1 Å². The number of aromatic nitrogens is 2. The average molecular weight is 612 g/mol. The second-order valence-corrected chi connectivity index (χ2v) is 12.3. The number of nitrogens with zero attached hydrogens (tertiary/aromatic N) is 3. The van der Waals surface area contributed by atoms with Gasteiger partial charge in [-0.3, -0.25) is 4.79 Å². The SMILES string of the molecule is CCc1onc(OCCOCc2ncc(C3=C(C(=O)N(Cc4cccc(OC)c4C)C4CC4)[C@H]4CNCC(C3)N4)s2)c1F. The first-order chi connectivity index (χ1) is 21.0. The summed E-state index contributed by atoms with van der Waals surface area (Å²) in [5.74, 6) is 0.391. The molecule has 1 saturated heterocycles. The highest BCUT2D eigenvalue weighted by atomic mass is 32.1. The molecule has 2 fully saturated rings. The normalized spacial score (nSPS) is 19.9. The molecule has 2 atom stereocenters. The molecule has 1 unspecified atom stereocenters.